The van der Waals surface area contributed by atoms with Crippen molar-refractivity contribution in [2.45, 2.75) is 13.2 Å². The van der Waals surface area contributed by atoms with E-state index in [1.54, 1.807) is 0 Å². The Balaban J connectivity index is 3.44. The van der Waals surface area contributed by atoms with Crippen LogP contribution in [0.2, 0.25) is 0 Å². The fraction of sp³-hybridized carbons (Fsp3) is 0.333. The second-order valence-electron chi connectivity index (χ2n) is 2.79. The third kappa shape index (κ3) is 1.95. The molecule has 0 saturated heterocycles. The first-order valence-corrected chi connectivity index (χ1v) is 3.95. The predicted molar refractivity (Wildman–Crippen MR) is 41.4 cm³/mol. The Morgan fingerprint density at radius 3 is 1.67 bits per heavy atom. The maximum Gasteiger partial charge on any atom is 0.168 e. The fourth-order valence-electron chi connectivity index (χ4n) is 1.12. The van der Waals surface area contributed by atoms with E-state index in [1.807, 2.05) is 0 Å². The summed E-state index contributed by atoms with van der Waals surface area (Å²) in [5.41, 5.74) is -1.99. The van der Waals surface area contributed by atoms with Gasteiger partial charge < -0.3 is 4.74 Å². The van der Waals surface area contributed by atoms with Gasteiger partial charge in [-0.15, -0.1) is 0 Å². The van der Waals surface area contributed by atoms with Crippen LogP contribution in [0.5, 0.6) is 0 Å². The van der Waals surface area contributed by atoms with E-state index in [9.17, 15) is 22.7 Å². The molecule has 1 aromatic carbocycles. The molecule has 6 heteroatoms. The van der Waals surface area contributed by atoms with Crippen LogP contribution in [0.1, 0.15) is 11.1 Å². The number of methoxy groups -OCH3 is 1. The Morgan fingerprint density at radius 2 is 1.33 bits per heavy atom. The molecule has 0 aliphatic carbocycles. The molecular formula is C9H7F4O2. The van der Waals surface area contributed by atoms with Gasteiger partial charge in [0, 0.05) is 7.11 Å². The maximum atomic E-state index is 13.1. The normalized spacial score (nSPS) is 10.8. The smallest absolute Gasteiger partial charge is 0.168 e. The van der Waals surface area contributed by atoms with Gasteiger partial charge >= 0.3 is 0 Å². The van der Waals surface area contributed by atoms with Gasteiger partial charge in [-0.05, 0) is 0 Å². The largest absolute Gasteiger partial charge is 0.380 e. The summed E-state index contributed by atoms with van der Waals surface area (Å²) in [6.45, 7) is -1.97. The summed E-state index contributed by atoms with van der Waals surface area (Å²) < 4.78 is 56.5. The van der Waals surface area contributed by atoms with Crippen LogP contribution in [0.25, 0.3) is 0 Å². The summed E-state index contributed by atoms with van der Waals surface area (Å²) in [7, 11) is 1.12. The number of ether oxygens (including phenoxy) is 1. The van der Waals surface area contributed by atoms with Gasteiger partial charge in [0.15, 0.2) is 23.3 Å². The molecule has 0 atom stereocenters. The third-order valence-electron chi connectivity index (χ3n) is 1.88. The van der Waals surface area contributed by atoms with Crippen LogP contribution in [0.4, 0.5) is 17.6 Å². The van der Waals surface area contributed by atoms with E-state index in [0.29, 0.717) is 0 Å². The van der Waals surface area contributed by atoms with Crippen molar-refractivity contribution >= 4 is 0 Å². The Morgan fingerprint density at radius 1 is 0.933 bits per heavy atom. The maximum absolute atomic E-state index is 13.1. The van der Waals surface area contributed by atoms with Crippen LogP contribution in [0.15, 0.2) is 0 Å². The second kappa shape index (κ2) is 4.59. The van der Waals surface area contributed by atoms with Crippen molar-refractivity contribution in [1.82, 2.24) is 0 Å². The predicted octanol–water partition coefficient (Wildman–Crippen LogP) is 2.32. The van der Waals surface area contributed by atoms with Gasteiger partial charge in [-0.2, -0.15) is 0 Å². The summed E-state index contributed by atoms with van der Waals surface area (Å²) in [4.78, 5) is 0. The third-order valence-corrected chi connectivity index (χ3v) is 1.88. The zero-order valence-corrected chi connectivity index (χ0v) is 7.74. The molecule has 0 spiro atoms. The van der Waals surface area contributed by atoms with Crippen molar-refractivity contribution in [3.05, 3.63) is 34.4 Å². The standard InChI is InChI=1S/C9H7F4O2/c1-15-3-5-8(12)6(10)4(2-14)7(11)9(5)13/h2-3H2,1H3. The van der Waals surface area contributed by atoms with Crippen LogP contribution in [-0.2, 0) is 23.1 Å². The molecule has 0 bridgehead atoms. The van der Waals surface area contributed by atoms with Gasteiger partial charge in [-0.25, -0.2) is 22.7 Å². The molecule has 1 aromatic rings. The summed E-state index contributed by atoms with van der Waals surface area (Å²) in [6, 6.07) is 0. The van der Waals surface area contributed by atoms with E-state index in [0.717, 1.165) is 7.11 Å². The number of halogens is 4. The SMILES string of the molecule is COCc1c(F)c(F)c(C[O])c(F)c1F. The molecule has 0 aromatic heterocycles. The van der Waals surface area contributed by atoms with Crippen LogP contribution < -0.4 is 0 Å². The minimum atomic E-state index is -1.66. The van der Waals surface area contributed by atoms with E-state index >= 15 is 0 Å². The van der Waals surface area contributed by atoms with E-state index < -0.39 is 47.6 Å². The second-order valence-corrected chi connectivity index (χ2v) is 2.79. The molecule has 0 N–H and O–H groups in total. The lowest BCUT2D eigenvalue weighted by Gasteiger charge is -2.09. The molecule has 0 aliphatic rings. The molecule has 0 unspecified atom stereocenters. The van der Waals surface area contributed by atoms with E-state index in [1.165, 1.54) is 0 Å². The first-order valence-electron chi connectivity index (χ1n) is 3.95. The van der Waals surface area contributed by atoms with Crippen molar-refractivity contribution in [3.8, 4) is 0 Å². The lowest BCUT2D eigenvalue weighted by atomic mass is 10.1. The van der Waals surface area contributed by atoms with Gasteiger partial charge in [0.05, 0.1) is 17.7 Å². The molecule has 2 nitrogen and oxygen atoms in total. The average molecular weight is 223 g/mol. The minimum Gasteiger partial charge on any atom is -0.380 e. The topological polar surface area (TPSA) is 29.1 Å². The zero-order chi connectivity index (χ0) is 11.6. The zero-order valence-electron chi connectivity index (χ0n) is 7.74. The highest BCUT2D eigenvalue weighted by molar-refractivity contribution is 5.29. The molecule has 0 heterocycles. The van der Waals surface area contributed by atoms with Crippen LogP contribution in [-0.4, -0.2) is 7.11 Å². The molecule has 0 saturated carbocycles. The molecule has 15 heavy (non-hydrogen) atoms. The van der Waals surface area contributed by atoms with Crippen LogP contribution >= 0.6 is 0 Å². The quantitative estimate of drug-likeness (QED) is 0.571. The van der Waals surface area contributed by atoms with Crippen molar-refractivity contribution in [2.24, 2.45) is 0 Å². The molecule has 0 amide bonds. The van der Waals surface area contributed by atoms with Gasteiger partial charge in [0.1, 0.15) is 6.61 Å². The Hall–Kier alpha value is -1.14. The van der Waals surface area contributed by atoms with E-state index in [2.05, 4.69) is 4.74 Å². The van der Waals surface area contributed by atoms with Crippen LogP contribution in [0, 0.1) is 23.3 Å². The monoisotopic (exact) mass is 223 g/mol. The fourth-order valence-corrected chi connectivity index (χ4v) is 1.12. The minimum absolute atomic E-state index is 0.607. The summed E-state index contributed by atoms with van der Waals surface area (Å²) >= 11 is 0. The summed E-state index contributed by atoms with van der Waals surface area (Å²) in [6.07, 6.45) is 0. The number of hydrogen-bond donors (Lipinski definition) is 0. The van der Waals surface area contributed by atoms with Gasteiger partial charge in [-0.1, -0.05) is 0 Å². The highest BCUT2D eigenvalue weighted by Gasteiger charge is 2.24. The van der Waals surface area contributed by atoms with Crippen molar-refractivity contribution < 1.29 is 27.4 Å². The Bertz CT molecular complexity index is 350. The first kappa shape index (κ1) is 11.9. The number of rotatable bonds is 3. The molecule has 1 radical (unpaired) electrons. The lowest BCUT2D eigenvalue weighted by Crippen LogP contribution is -2.09. The number of benzene rings is 1. The molecule has 0 aliphatic heterocycles. The van der Waals surface area contributed by atoms with E-state index in [-0.39, 0.29) is 0 Å². The Kier molecular flexibility index (Phi) is 3.65. The van der Waals surface area contributed by atoms with Gasteiger partial charge in [-0.3, -0.25) is 0 Å². The summed E-state index contributed by atoms with van der Waals surface area (Å²) in [5, 5.41) is 10.3. The first-order chi connectivity index (χ1) is 7.04. The highest BCUT2D eigenvalue weighted by atomic mass is 19.2. The van der Waals surface area contributed by atoms with Crippen molar-refractivity contribution in [2.75, 3.05) is 7.11 Å². The Labute approximate surface area is 83.1 Å². The van der Waals surface area contributed by atoms with Gasteiger partial charge in [0.2, 0.25) is 0 Å². The lowest BCUT2D eigenvalue weighted by molar-refractivity contribution is 0.161. The molecule has 1 rings (SSSR count). The number of hydrogen-bond acceptors (Lipinski definition) is 1. The molecular weight excluding hydrogens is 216 g/mol. The summed E-state index contributed by atoms with van der Waals surface area (Å²) in [5.74, 6) is -6.48. The molecule has 83 valence electrons. The highest BCUT2D eigenvalue weighted by Crippen LogP contribution is 2.24. The average Bonchev–Trinajstić information content (AvgIpc) is 2.23. The van der Waals surface area contributed by atoms with Crippen molar-refractivity contribution in [3.63, 3.8) is 0 Å². The van der Waals surface area contributed by atoms with Crippen LogP contribution in [0.3, 0.4) is 0 Å². The van der Waals surface area contributed by atoms with E-state index in [4.69, 9.17) is 0 Å². The van der Waals surface area contributed by atoms with Crippen molar-refractivity contribution in [1.29, 1.82) is 0 Å². The van der Waals surface area contributed by atoms with Gasteiger partial charge in [0.25, 0.3) is 0 Å². The molecule has 0 fully saturated rings.